The number of carboxylic acids is 1. The number of fused-ring (bicyclic) bond motifs is 1. The summed E-state index contributed by atoms with van der Waals surface area (Å²) in [5, 5.41) is 11.2. The smallest absolute Gasteiger partial charge is 0.337 e. The molecule has 0 atom stereocenters. The van der Waals surface area contributed by atoms with Crippen molar-refractivity contribution in [3.05, 3.63) is 23.1 Å². The average molecular weight is 225 g/mol. The van der Waals surface area contributed by atoms with E-state index in [4.69, 9.17) is 10.8 Å². The van der Waals surface area contributed by atoms with E-state index in [0.717, 1.165) is 4.70 Å². The topological polar surface area (TPSA) is 63.3 Å². The summed E-state index contributed by atoms with van der Waals surface area (Å²) in [7, 11) is 0. The number of benzene rings is 1. The summed E-state index contributed by atoms with van der Waals surface area (Å²) in [4.78, 5) is 11.4. The van der Waals surface area contributed by atoms with Gasteiger partial charge in [-0.15, -0.1) is 24.0 Å². The second-order valence-electron chi connectivity index (χ2n) is 2.83. The lowest BCUT2D eigenvalue weighted by atomic mass is 10.1. The third-order valence-corrected chi connectivity index (χ3v) is 3.40. The van der Waals surface area contributed by atoms with Gasteiger partial charge in [-0.25, -0.2) is 4.79 Å². The molecule has 1 aromatic heterocycles. The lowest BCUT2D eigenvalue weighted by molar-refractivity contribution is 0.0699. The highest BCUT2D eigenvalue weighted by molar-refractivity contribution is 7.80. The molecule has 0 unspecified atom stereocenters. The molecule has 3 N–H and O–H groups in total. The molecule has 5 heteroatoms. The van der Waals surface area contributed by atoms with Crippen LogP contribution in [0, 0.1) is 0 Å². The summed E-state index contributed by atoms with van der Waals surface area (Å²) < 4.78 is 0.890. The second-order valence-corrected chi connectivity index (χ2v) is 4.19. The summed E-state index contributed by atoms with van der Waals surface area (Å²) >= 11 is 5.59. The molecular weight excluding hydrogens is 218 g/mol. The van der Waals surface area contributed by atoms with Crippen molar-refractivity contribution in [3.8, 4) is 0 Å². The van der Waals surface area contributed by atoms with Crippen LogP contribution in [-0.4, -0.2) is 11.1 Å². The standard InChI is InChI=1S/C9H7NO2S2/c10-5-1-2-6-7(8(5)13)4(3-14-6)9(11)12/h1-3,13H,10H2,(H,11,12). The fourth-order valence-electron chi connectivity index (χ4n) is 1.29. The largest absolute Gasteiger partial charge is 0.478 e. The molecule has 14 heavy (non-hydrogen) atoms. The van der Waals surface area contributed by atoms with Gasteiger partial charge in [0.1, 0.15) is 0 Å². The van der Waals surface area contributed by atoms with Crippen molar-refractivity contribution in [1.29, 1.82) is 0 Å². The minimum atomic E-state index is -0.947. The molecule has 0 aliphatic rings. The minimum Gasteiger partial charge on any atom is -0.478 e. The Morgan fingerprint density at radius 1 is 1.50 bits per heavy atom. The first-order chi connectivity index (χ1) is 6.61. The molecular formula is C9H7NO2S2. The first kappa shape index (κ1) is 9.36. The molecule has 1 heterocycles. The lowest BCUT2D eigenvalue weighted by Crippen LogP contribution is -1.95. The summed E-state index contributed by atoms with van der Waals surface area (Å²) in [5.41, 5.74) is 6.42. The SMILES string of the molecule is Nc1ccc2scc(C(=O)O)c2c1S. The molecule has 0 aliphatic carbocycles. The molecule has 0 aliphatic heterocycles. The monoisotopic (exact) mass is 225 g/mol. The van der Waals surface area contributed by atoms with Gasteiger partial charge in [0.05, 0.1) is 5.56 Å². The Bertz CT molecular complexity index is 519. The van der Waals surface area contributed by atoms with Gasteiger partial charge in [-0.1, -0.05) is 0 Å². The van der Waals surface area contributed by atoms with Crippen molar-refractivity contribution in [2.45, 2.75) is 4.90 Å². The molecule has 0 radical (unpaired) electrons. The number of thiol groups is 1. The Kier molecular flexibility index (Phi) is 2.13. The number of aromatic carboxylic acids is 1. The zero-order valence-electron chi connectivity index (χ0n) is 7.02. The Morgan fingerprint density at radius 2 is 2.21 bits per heavy atom. The Balaban J connectivity index is 2.89. The van der Waals surface area contributed by atoms with Gasteiger partial charge in [0.15, 0.2) is 0 Å². The van der Waals surface area contributed by atoms with Crippen LogP contribution in [0.5, 0.6) is 0 Å². The third-order valence-electron chi connectivity index (χ3n) is 1.97. The van der Waals surface area contributed by atoms with Crippen LogP contribution in [0.15, 0.2) is 22.4 Å². The molecule has 0 saturated carbocycles. The average Bonchev–Trinajstić information content (AvgIpc) is 2.55. The predicted octanol–water partition coefficient (Wildman–Crippen LogP) is 2.47. The maximum atomic E-state index is 10.9. The van der Waals surface area contributed by atoms with E-state index >= 15 is 0 Å². The third kappa shape index (κ3) is 1.25. The van der Waals surface area contributed by atoms with Gasteiger partial charge in [-0.05, 0) is 12.1 Å². The highest BCUT2D eigenvalue weighted by Gasteiger charge is 2.14. The van der Waals surface area contributed by atoms with Gasteiger partial charge in [0.2, 0.25) is 0 Å². The zero-order chi connectivity index (χ0) is 10.3. The number of carbonyl (C=O) groups is 1. The lowest BCUT2D eigenvalue weighted by Gasteiger charge is -2.01. The molecule has 0 fully saturated rings. The van der Waals surface area contributed by atoms with Crippen LogP contribution >= 0.6 is 24.0 Å². The highest BCUT2D eigenvalue weighted by atomic mass is 32.1. The van der Waals surface area contributed by atoms with Crippen molar-refractivity contribution in [2.24, 2.45) is 0 Å². The first-order valence-corrected chi connectivity index (χ1v) is 5.16. The van der Waals surface area contributed by atoms with E-state index in [1.807, 2.05) is 6.07 Å². The van der Waals surface area contributed by atoms with Gasteiger partial charge in [0, 0.05) is 26.0 Å². The van der Waals surface area contributed by atoms with Gasteiger partial charge in [0.25, 0.3) is 0 Å². The van der Waals surface area contributed by atoms with E-state index < -0.39 is 5.97 Å². The fourth-order valence-corrected chi connectivity index (χ4v) is 2.62. The number of rotatable bonds is 1. The highest BCUT2D eigenvalue weighted by Crippen LogP contribution is 2.34. The van der Waals surface area contributed by atoms with Crippen LogP contribution in [-0.2, 0) is 0 Å². The van der Waals surface area contributed by atoms with Crippen molar-refractivity contribution in [3.63, 3.8) is 0 Å². The normalized spacial score (nSPS) is 10.6. The van der Waals surface area contributed by atoms with Crippen LogP contribution in [0.2, 0.25) is 0 Å². The fraction of sp³-hybridized carbons (Fsp3) is 0. The number of nitrogen functional groups attached to an aromatic ring is 1. The van der Waals surface area contributed by atoms with Crippen LogP contribution in [0.3, 0.4) is 0 Å². The Hall–Kier alpha value is -1.20. The van der Waals surface area contributed by atoms with Crippen molar-refractivity contribution >= 4 is 45.7 Å². The number of carboxylic acid groups (broad SMARTS) is 1. The molecule has 2 aromatic rings. The maximum absolute atomic E-state index is 10.9. The first-order valence-electron chi connectivity index (χ1n) is 3.83. The number of hydrogen-bond acceptors (Lipinski definition) is 4. The number of anilines is 1. The van der Waals surface area contributed by atoms with Crippen LogP contribution in [0.1, 0.15) is 10.4 Å². The Labute approximate surface area is 89.6 Å². The van der Waals surface area contributed by atoms with Gasteiger partial charge >= 0.3 is 5.97 Å². The molecule has 0 bridgehead atoms. The summed E-state index contributed by atoms with van der Waals surface area (Å²) in [6, 6.07) is 3.54. The predicted molar refractivity (Wildman–Crippen MR) is 60.4 cm³/mol. The number of hydrogen-bond donors (Lipinski definition) is 3. The summed E-state index contributed by atoms with van der Waals surface area (Å²) in [5.74, 6) is -0.947. The van der Waals surface area contributed by atoms with E-state index in [1.165, 1.54) is 11.3 Å². The molecule has 0 amide bonds. The molecule has 0 saturated heterocycles. The number of thiophene rings is 1. The van der Waals surface area contributed by atoms with E-state index in [2.05, 4.69) is 12.6 Å². The summed E-state index contributed by atoms with van der Waals surface area (Å²) in [6.45, 7) is 0. The maximum Gasteiger partial charge on any atom is 0.337 e. The van der Waals surface area contributed by atoms with Crippen molar-refractivity contribution in [2.75, 3.05) is 5.73 Å². The molecule has 0 spiro atoms. The molecule has 2 rings (SSSR count). The van der Waals surface area contributed by atoms with Crippen LogP contribution in [0.25, 0.3) is 10.1 Å². The molecule has 72 valence electrons. The van der Waals surface area contributed by atoms with Crippen LogP contribution < -0.4 is 5.73 Å². The number of nitrogens with two attached hydrogens (primary N) is 1. The van der Waals surface area contributed by atoms with Gasteiger partial charge < -0.3 is 10.8 Å². The minimum absolute atomic E-state index is 0.266. The van der Waals surface area contributed by atoms with E-state index in [9.17, 15) is 4.79 Å². The molecule has 3 nitrogen and oxygen atoms in total. The van der Waals surface area contributed by atoms with Crippen molar-refractivity contribution in [1.82, 2.24) is 0 Å². The zero-order valence-corrected chi connectivity index (χ0v) is 8.73. The van der Waals surface area contributed by atoms with Crippen LogP contribution in [0.4, 0.5) is 5.69 Å². The van der Waals surface area contributed by atoms with Gasteiger partial charge in [-0.2, -0.15) is 0 Å². The molecule has 1 aromatic carbocycles. The Morgan fingerprint density at radius 3 is 2.86 bits per heavy atom. The summed E-state index contributed by atoms with van der Waals surface area (Å²) in [6.07, 6.45) is 0. The van der Waals surface area contributed by atoms with E-state index in [1.54, 1.807) is 11.4 Å². The van der Waals surface area contributed by atoms with Crippen molar-refractivity contribution < 1.29 is 9.90 Å². The van der Waals surface area contributed by atoms with E-state index in [-0.39, 0.29) is 5.56 Å². The quantitative estimate of drug-likeness (QED) is 0.516. The second kappa shape index (κ2) is 3.18. The van der Waals surface area contributed by atoms with E-state index in [0.29, 0.717) is 16.0 Å². The van der Waals surface area contributed by atoms with Gasteiger partial charge in [-0.3, -0.25) is 0 Å².